The topological polar surface area (TPSA) is 52.1 Å². The Morgan fingerprint density at radius 3 is 2.74 bits per heavy atom. The van der Waals surface area contributed by atoms with E-state index in [-0.39, 0.29) is 12.1 Å². The van der Waals surface area contributed by atoms with Crippen LogP contribution in [-0.2, 0) is 4.74 Å². The van der Waals surface area contributed by atoms with E-state index in [9.17, 15) is 4.79 Å². The summed E-state index contributed by atoms with van der Waals surface area (Å²) in [5.74, 6) is 2.00. The van der Waals surface area contributed by atoms with Crippen LogP contribution in [-0.4, -0.2) is 15.9 Å². The lowest BCUT2D eigenvalue weighted by Crippen LogP contribution is -2.13. The second kappa shape index (κ2) is 6.71. The lowest BCUT2D eigenvalue weighted by molar-refractivity contribution is 0.0292. The van der Waals surface area contributed by atoms with Gasteiger partial charge in [-0.15, -0.1) is 12.3 Å². The Hall–Kier alpha value is -3.19. The Morgan fingerprint density at radius 2 is 1.96 bits per heavy atom. The van der Waals surface area contributed by atoms with Gasteiger partial charge in [-0.05, 0) is 24.3 Å². The van der Waals surface area contributed by atoms with Crippen LogP contribution in [0.25, 0.3) is 10.9 Å². The van der Waals surface area contributed by atoms with Crippen molar-refractivity contribution < 1.29 is 9.53 Å². The minimum atomic E-state index is -0.582. The molecule has 0 aliphatic rings. The molecule has 0 unspecified atom stereocenters. The lowest BCUT2D eigenvalue weighted by Gasteiger charge is -2.15. The van der Waals surface area contributed by atoms with Crippen molar-refractivity contribution in [3.63, 3.8) is 0 Å². The van der Waals surface area contributed by atoms with Gasteiger partial charge in [-0.3, -0.25) is 4.98 Å². The molecule has 3 rings (SSSR count). The van der Waals surface area contributed by atoms with Gasteiger partial charge in [0.2, 0.25) is 0 Å². The van der Waals surface area contributed by atoms with Crippen LogP contribution in [0.2, 0.25) is 0 Å². The predicted molar refractivity (Wildman–Crippen MR) is 87.6 cm³/mol. The molecule has 0 amide bonds. The van der Waals surface area contributed by atoms with E-state index in [0.717, 1.165) is 10.9 Å². The highest BCUT2D eigenvalue weighted by Gasteiger charge is 2.19. The molecular weight excluding hydrogens is 288 g/mol. The van der Waals surface area contributed by atoms with Crippen molar-refractivity contribution in [1.82, 2.24) is 9.97 Å². The lowest BCUT2D eigenvalue weighted by atomic mass is 10.1. The normalized spacial score (nSPS) is 11.6. The number of rotatable bonds is 4. The van der Waals surface area contributed by atoms with Gasteiger partial charge >= 0.3 is 5.97 Å². The zero-order valence-electron chi connectivity index (χ0n) is 12.3. The maximum Gasteiger partial charge on any atom is 0.357 e. The molecule has 4 heteroatoms. The van der Waals surface area contributed by atoms with E-state index < -0.39 is 12.1 Å². The van der Waals surface area contributed by atoms with Gasteiger partial charge < -0.3 is 4.74 Å². The van der Waals surface area contributed by atoms with Crippen molar-refractivity contribution in [2.75, 3.05) is 0 Å². The molecule has 0 fully saturated rings. The summed E-state index contributed by atoms with van der Waals surface area (Å²) in [7, 11) is 0. The van der Waals surface area contributed by atoms with Crippen LogP contribution in [0.3, 0.4) is 0 Å². The molecule has 0 saturated carbocycles. The van der Waals surface area contributed by atoms with E-state index in [1.807, 2.05) is 36.4 Å². The van der Waals surface area contributed by atoms with Crippen molar-refractivity contribution in [3.05, 3.63) is 72.2 Å². The Bertz CT molecular complexity index is 869. The van der Waals surface area contributed by atoms with Gasteiger partial charge in [-0.25, -0.2) is 9.78 Å². The number of esters is 1. The fourth-order valence-electron chi connectivity index (χ4n) is 2.25. The highest BCUT2D eigenvalue weighted by Crippen LogP contribution is 2.21. The third kappa shape index (κ3) is 3.35. The van der Waals surface area contributed by atoms with Crippen LogP contribution < -0.4 is 0 Å². The Morgan fingerprint density at radius 1 is 1.13 bits per heavy atom. The number of nitrogens with zero attached hydrogens (tertiary/aromatic N) is 2. The number of carbonyl (C=O) groups excluding carboxylic acids is 1. The van der Waals surface area contributed by atoms with Crippen molar-refractivity contribution in [1.29, 1.82) is 0 Å². The first-order valence-electron chi connectivity index (χ1n) is 7.19. The van der Waals surface area contributed by atoms with Crippen molar-refractivity contribution >= 4 is 16.9 Å². The number of carbonyl (C=O) groups is 1. The molecule has 0 radical (unpaired) electrons. The summed E-state index contributed by atoms with van der Waals surface area (Å²) in [6.07, 6.45) is 6.69. The molecule has 112 valence electrons. The number of ether oxygens (including phenoxy) is 1. The fourth-order valence-corrected chi connectivity index (χ4v) is 2.25. The second-order valence-corrected chi connectivity index (χ2v) is 4.95. The monoisotopic (exact) mass is 302 g/mol. The Kier molecular flexibility index (Phi) is 4.30. The summed E-state index contributed by atoms with van der Waals surface area (Å²) in [4.78, 5) is 20.9. The molecular formula is C19H14N2O2. The first-order chi connectivity index (χ1) is 11.3. The molecule has 1 atom stereocenters. The van der Waals surface area contributed by atoms with E-state index in [2.05, 4.69) is 15.9 Å². The quantitative estimate of drug-likeness (QED) is 0.546. The minimum absolute atomic E-state index is 0.252. The first kappa shape index (κ1) is 14.7. The van der Waals surface area contributed by atoms with Crippen LogP contribution in [0.4, 0.5) is 0 Å². The number of benzene rings is 1. The SMILES string of the molecule is C#CC[C@H](OC(=O)c1ccc2ccccc2n1)c1ccccn1. The third-order valence-corrected chi connectivity index (χ3v) is 3.38. The maximum atomic E-state index is 12.4. The standard InChI is InChI=1S/C19H14N2O2/c1-2-7-18(16-10-5-6-13-20-16)23-19(22)17-12-11-14-8-3-4-9-15(14)21-17/h1,3-6,8-13,18H,7H2/t18-/m0/s1. The maximum absolute atomic E-state index is 12.4. The minimum Gasteiger partial charge on any atom is -0.450 e. The second-order valence-electron chi connectivity index (χ2n) is 4.95. The van der Waals surface area contributed by atoms with Gasteiger partial charge in [0.15, 0.2) is 6.10 Å². The number of hydrogen-bond donors (Lipinski definition) is 0. The predicted octanol–water partition coefficient (Wildman–Crippen LogP) is 3.55. The third-order valence-electron chi connectivity index (χ3n) is 3.38. The molecule has 0 aliphatic carbocycles. The number of pyridine rings is 2. The number of terminal acetylenes is 1. The van der Waals surface area contributed by atoms with E-state index in [1.54, 1.807) is 24.4 Å². The largest absolute Gasteiger partial charge is 0.450 e. The molecule has 3 aromatic rings. The van der Waals surface area contributed by atoms with Crippen molar-refractivity contribution in [3.8, 4) is 12.3 Å². The molecule has 4 nitrogen and oxygen atoms in total. The summed E-state index contributed by atoms with van der Waals surface area (Å²) < 4.78 is 5.51. The molecule has 0 N–H and O–H groups in total. The van der Waals surface area contributed by atoms with E-state index in [4.69, 9.17) is 11.2 Å². The smallest absolute Gasteiger partial charge is 0.357 e. The summed E-state index contributed by atoms with van der Waals surface area (Å²) >= 11 is 0. The molecule has 0 bridgehead atoms. The zero-order valence-corrected chi connectivity index (χ0v) is 12.3. The van der Waals surface area contributed by atoms with Crippen LogP contribution in [0.1, 0.15) is 28.7 Å². The molecule has 0 spiro atoms. The summed E-state index contributed by atoms with van der Waals surface area (Å²) in [6, 6.07) is 16.5. The van der Waals surface area contributed by atoms with Gasteiger partial charge in [0.1, 0.15) is 5.69 Å². The van der Waals surface area contributed by atoms with Gasteiger partial charge in [0.25, 0.3) is 0 Å². The number of fused-ring (bicyclic) bond motifs is 1. The van der Waals surface area contributed by atoms with Crippen LogP contribution >= 0.6 is 0 Å². The van der Waals surface area contributed by atoms with E-state index in [0.29, 0.717) is 5.69 Å². The Labute approximate surface area is 134 Å². The average Bonchev–Trinajstić information content (AvgIpc) is 2.61. The average molecular weight is 302 g/mol. The fraction of sp³-hybridized carbons (Fsp3) is 0.105. The Balaban J connectivity index is 1.84. The van der Waals surface area contributed by atoms with Gasteiger partial charge in [-0.2, -0.15) is 0 Å². The van der Waals surface area contributed by atoms with Crippen molar-refractivity contribution in [2.45, 2.75) is 12.5 Å². The highest BCUT2D eigenvalue weighted by molar-refractivity contribution is 5.91. The molecule has 0 aliphatic heterocycles. The van der Waals surface area contributed by atoms with Gasteiger partial charge in [-0.1, -0.05) is 30.3 Å². The molecule has 0 saturated heterocycles. The molecule has 2 aromatic heterocycles. The molecule has 23 heavy (non-hydrogen) atoms. The zero-order chi connectivity index (χ0) is 16.1. The number of hydrogen-bond acceptors (Lipinski definition) is 4. The van der Waals surface area contributed by atoms with Crippen molar-refractivity contribution in [2.24, 2.45) is 0 Å². The summed E-state index contributed by atoms with van der Waals surface area (Å²) in [5, 5.41) is 0.967. The molecule has 2 heterocycles. The van der Waals surface area contributed by atoms with E-state index >= 15 is 0 Å². The van der Waals surface area contributed by atoms with Crippen LogP contribution in [0, 0.1) is 12.3 Å². The van der Waals surface area contributed by atoms with Crippen LogP contribution in [0.5, 0.6) is 0 Å². The number of aromatic nitrogens is 2. The van der Waals surface area contributed by atoms with Gasteiger partial charge in [0, 0.05) is 11.6 Å². The molecule has 1 aromatic carbocycles. The number of para-hydroxylation sites is 1. The summed E-state index contributed by atoms with van der Waals surface area (Å²) in [5.41, 5.74) is 1.62. The highest BCUT2D eigenvalue weighted by atomic mass is 16.5. The summed E-state index contributed by atoms with van der Waals surface area (Å²) in [6.45, 7) is 0. The first-order valence-corrected chi connectivity index (χ1v) is 7.19. The van der Waals surface area contributed by atoms with E-state index in [1.165, 1.54) is 0 Å². The van der Waals surface area contributed by atoms with Gasteiger partial charge in [0.05, 0.1) is 17.6 Å². The van der Waals surface area contributed by atoms with Crippen LogP contribution in [0.15, 0.2) is 60.8 Å².